The van der Waals surface area contributed by atoms with Crippen LogP contribution in [0.15, 0.2) is 22.7 Å². The number of morpholine rings is 1. The lowest BCUT2D eigenvalue weighted by atomic mass is 9.99. The first-order valence-corrected chi connectivity index (χ1v) is 14.3. The van der Waals surface area contributed by atoms with E-state index in [1.807, 2.05) is 6.92 Å². The van der Waals surface area contributed by atoms with E-state index in [0.717, 1.165) is 13.1 Å². The molecule has 3 N–H and O–H groups in total. The quantitative estimate of drug-likeness (QED) is 0.402. The van der Waals surface area contributed by atoms with Crippen LogP contribution in [0.25, 0.3) is 0 Å². The molecule has 13 heteroatoms. The summed E-state index contributed by atoms with van der Waals surface area (Å²) in [7, 11) is 1.66. The average Bonchev–Trinajstić information content (AvgIpc) is 3.30. The Morgan fingerprint density at radius 1 is 1.21 bits per heavy atom. The van der Waals surface area contributed by atoms with Crippen molar-refractivity contribution in [1.82, 2.24) is 19.9 Å². The molecule has 0 unspecified atom stereocenters. The number of rotatable bonds is 9. The van der Waals surface area contributed by atoms with E-state index in [-0.39, 0.29) is 42.5 Å². The van der Waals surface area contributed by atoms with Crippen LogP contribution in [0.2, 0.25) is 0 Å². The lowest BCUT2D eigenvalue weighted by Gasteiger charge is -2.38. The highest BCUT2D eigenvalue weighted by molar-refractivity contribution is 6.00. The number of aliphatic hydroxyl groups excluding tert-OH is 1. The molecular formula is C29H42N6O7. The number of urea groups is 1. The fraction of sp³-hybridized carbons (Fsp3) is 0.586. The number of carbonyl (C=O) groups is 3. The molecule has 1 fully saturated rings. The SMILES string of the molecule is Cc1noc(C)c1NC(=O)N(C)C[C@@H]1Oc2ccc(NC(=O)CCN3CCOCC3)cc2C(=O)N([C@@H](C)CO)C[C@@H]1C. The monoisotopic (exact) mass is 586 g/mol. The molecule has 4 amide bonds. The van der Waals surface area contributed by atoms with Gasteiger partial charge in [0.2, 0.25) is 5.91 Å². The smallest absolute Gasteiger partial charge is 0.321 e. The maximum Gasteiger partial charge on any atom is 0.321 e. The molecule has 230 valence electrons. The number of ether oxygens (including phenoxy) is 2. The summed E-state index contributed by atoms with van der Waals surface area (Å²) in [5, 5.41) is 19.5. The van der Waals surface area contributed by atoms with Gasteiger partial charge < -0.3 is 39.5 Å². The predicted molar refractivity (Wildman–Crippen MR) is 156 cm³/mol. The summed E-state index contributed by atoms with van der Waals surface area (Å²) in [4.78, 5) is 44.7. The highest BCUT2D eigenvalue weighted by atomic mass is 16.5. The molecule has 0 radical (unpaired) electrons. The minimum Gasteiger partial charge on any atom is -0.487 e. The minimum absolute atomic E-state index is 0.154. The Hall–Kier alpha value is -3.68. The number of aromatic nitrogens is 1. The largest absolute Gasteiger partial charge is 0.487 e. The summed E-state index contributed by atoms with van der Waals surface area (Å²) >= 11 is 0. The zero-order valence-electron chi connectivity index (χ0n) is 25.0. The molecule has 2 aromatic rings. The summed E-state index contributed by atoms with van der Waals surface area (Å²) in [6.45, 7) is 11.1. The van der Waals surface area contributed by atoms with Crippen LogP contribution in [0, 0.1) is 19.8 Å². The van der Waals surface area contributed by atoms with Crippen molar-refractivity contribution in [3.05, 3.63) is 35.2 Å². The number of aliphatic hydroxyl groups is 1. The number of hydrogen-bond acceptors (Lipinski definition) is 9. The summed E-state index contributed by atoms with van der Waals surface area (Å²) in [5.74, 6) is 0.224. The van der Waals surface area contributed by atoms with Crippen LogP contribution >= 0.6 is 0 Å². The molecule has 1 aromatic carbocycles. The van der Waals surface area contributed by atoms with Crippen LogP contribution in [0.4, 0.5) is 16.2 Å². The number of fused-ring (bicyclic) bond motifs is 1. The van der Waals surface area contributed by atoms with Gasteiger partial charge >= 0.3 is 6.03 Å². The van der Waals surface area contributed by atoms with E-state index in [2.05, 4.69) is 20.7 Å². The summed E-state index contributed by atoms with van der Waals surface area (Å²) in [6, 6.07) is 4.19. The number of nitrogens with one attached hydrogen (secondary N) is 2. The Balaban J connectivity index is 1.50. The number of carbonyl (C=O) groups excluding carboxylic acids is 3. The van der Waals surface area contributed by atoms with Gasteiger partial charge in [0.25, 0.3) is 5.91 Å². The van der Waals surface area contributed by atoms with Gasteiger partial charge in [-0.05, 0) is 39.0 Å². The molecule has 3 heterocycles. The van der Waals surface area contributed by atoms with Crippen molar-refractivity contribution in [1.29, 1.82) is 0 Å². The second-order valence-electron chi connectivity index (χ2n) is 11.1. The molecule has 0 aliphatic carbocycles. The first-order valence-electron chi connectivity index (χ1n) is 14.3. The first kappa shape index (κ1) is 31.3. The van der Waals surface area contributed by atoms with Gasteiger partial charge in [-0.2, -0.15) is 0 Å². The Kier molecular flexibility index (Phi) is 10.4. The van der Waals surface area contributed by atoms with Crippen LogP contribution in [-0.4, -0.2) is 115 Å². The predicted octanol–water partition coefficient (Wildman–Crippen LogP) is 2.34. The molecule has 2 aliphatic heterocycles. The third-order valence-electron chi connectivity index (χ3n) is 7.77. The number of hydrogen-bond donors (Lipinski definition) is 3. The van der Waals surface area contributed by atoms with Crippen LogP contribution in [0.3, 0.4) is 0 Å². The molecule has 1 aromatic heterocycles. The normalized spacial score (nSPS) is 20.1. The van der Waals surface area contributed by atoms with Gasteiger partial charge in [0, 0.05) is 51.3 Å². The minimum atomic E-state index is -0.473. The fourth-order valence-electron chi connectivity index (χ4n) is 5.04. The van der Waals surface area contributed by atoms with Crippen molar-refractivity contribution >= 4 is 29.2 Å². The van der Waals surface area contributed by atoms with Gasteiger partial charge in [0.1, 0.15) is 23.2 Å². The number of aryl methyl sites for hydroxylation is 2. The summed E-state index contributed by atoms with van der Waals surface area (Å²) < 4.78 is 16.9. The van der Waals surface area contributed by atoms with E-state index in [0.29, 0.717) is 61.3 Å². The molecule has 0 bridgehead atoms. The van der Waals surface area contributed by atoms with Crippen molar-refractivity contribution in [2.45, 2.75) is 46.3 Å². The highest BCUT2D eigenvalue weighted by Crippen LogP contribution is 2.31. The van der Waals surface area contributed by atoms with Crippen LogP contribution in [-0.2, 0) is 9.53 Å². The van der Waals surface area contributed by atoms with E-state index in [1.54, 1.807) is 50.9 Å². The second kappa shape index (κ2) is 14.0. The van der Waals surface area contributed by atoms with E-state index in [9.17, 15) is 19.5 Å². The van der Waals surface area contributed by atoms with Gasteiger partial charge in [-0.1, -0.05) is 12.1 Å². The van der Waals surface area contributed by atoms with Crippen LogP contribution in [0.5, 0.6) is 5.75 Å². The second-order valence-corrected chi connectivity index (χ2v) is 11.1. The Morgan fingerprint density at radius 2 is 1.95 bits per heavy atom. The zero-order valence-corrected chi connectivity index (χ0v) is 25.0. The molecule has 1 saturated heterocycles. The summed E-state index contributed by atoms with van der Waals surface area (Å²) in [6.07, 6.45) is -0.156. The molecule has 4 rings (SSSR count). The highest BCUT2D eigenvalue weighted by Gasteiger charge is 2.34. The van der Waals surface area contributed by atoms with Crippen molar-refractivity contribution in [2.24, 2.45) is 5.92 Å². The van der Waals surface area contributed by atoms with E-state index in [4.69, 9.17) is 14.0 Å². The molecular weight excluding hydrogens is 544 g/mol. The summed E-state index contributed by atoms with van der Waals surface area (Å²) in [5.41, 5.74) is 1.86. The number of amides is 4. The topological polar surface area (TPSA) is 150 Å². The van der Waals surface area contributed by atoms with Crippen molar-refractivity contribution in [2.75, 3.05) is 70.2 Å². The molecule has 2 aliphatic rings. The van der Waals surface area contributed by atoms with Gasteiger partial charge in [0.15, 0.2) is 5.76 Å². The molecule has 0 saturated carbocycles. The van der Waals surface area contributed by atoms with Crippen molar-refractivity contribution < 1.29 is 33.5 Å². The maximum atomic E-state index is 13.7. The van der Waals surface area contributed by atoms with Gasteiger partial charge in [-0.3, -0.25) is 14.5 Å². The van der Waals surface area contributed by atoms with E-state index >= 15 is 0 Å². The van der Waals surface area contributed by atoms with Gasteiger partial charge in [-0.25, -0.2) is 4.79 Å². The number of anilines is 2. The third-order valence-corrected chi connectivity index (χ3v) is 7.77. The third kappa shape index (κ3) is 7.58. The van der Waals surface area contributed by atoms with Crippen LogP contribution < -0.4 is 15.4 Å². The standard InChI is InChI=1S/C29H42N6O7/c1-18-15-35(19(2)17-36)28(38)23-14-22(30-26(37)8-9-34-10-12-40-13-11-34)6-7-24(23)41-25(18)16-33(5)29(39)31-27-20(3)32-42-21(27)4/h6-7,14,18-19,25,36H,8-13,15-17H2,1-5H3,(H,30,37)(H,31,39)/t18-,19-,25-/m0/s1. The average molecular weight is 587 g/mol. The number of benzene rings is 1. The Morgan fingerprint density at radius 3 is 2.62 bits per heavy atom. The van der Waals surface area contributed by atoms with Gasteiger partial charge in [0.05, 0.1) is 38.0 Å². The van der Waals surface area contributed by atoms with Crippen molar-refractivity contribution in [3.63, 3.8) is 0 Å². The van der Waals surface area contributed by atoms with E-state index in [1.165, 1.54) is 4.90 Å². The molecule has 3 atom stereocenters. The Bertz CT molecular complexity index is 1240. The fourth-order valence-corrected chi connectivity index (χ4v) is 5.04. The van der Waals surface area contributed by atoms with Crippen molar-refractivity contribution in [3.8, 4) is 5.75 Å². The zero-order chi connectivity index (χ0) is 30.4. The van der Waals surface area contributed by atoms with Gasteiger partial charge in [-0.15, -0.1) is 0 Å². The maximum absolute atomic E-state index is 13.7. The number of nitrogens with zero attached hydrogens (tertiary/aromatic N) is 4. The number of likely N-dealkylation sites (N-methyl/N-ethyl adjacent to an activating group) is 1. The van der Waals surface area contributed by atoms with E-state index < -0.39 is 12.1 Å². The Labute approximate surface area is 246 Å². The molecule has 42 heavy (non-hydrogen) atoms. The van der Waals surface area contributed by atoms with Crippen LogP contribution in [0.1, 0.15) is 42.1 Å². The molecule has 13 nitrogen and oxygen atoms in total. The molecule has 0 spiro atoms. The lowest BCUT2D eigenvalue weighted by Crippen LogP contribution is -2.50. The first-order chi connectivity index (χ1) is 20.1. The lowest BCUT2D eigenvalue weighted by molar-refractivity contribution is -0.116.